The minimum Gasteiger partial charge on any atom is -0.423 e. The normalized spacial score (nSPS) is 16.1. The molecule has 0 fully saturated rings. The molecule has 2 aromatic rings. The number of amides is 1. The molecule has 2 N–H and O–H groups in total. The summed E-state index contributed by atoms with van der Waals surface area (Å²) in [4.78, 5) is 24.1. The lowest BCUT2D eigenvalue weighted by atomic mass is 10.1. The molecule has 118 valence electrons. The van der Waals surface area contributed by atoms with Crippen LogP contribution in [0.5, 0.6) is 5.75 Å². The Labute approximate surface area is 142 Å². The number of rotatable bonds is 3. The van der Waals surface area contributed by atoms with Gasteiger partial charge in [0.2, 0.25) is 5.91 Å². The number of carbonyl (C=O) groups excluding carboxylic acids is 2. The molecule has 7 heteroatoms. The fourth-order valence-electron chi connectivity index (χ4n) is 2.22. The molecule has 1 atom stereocenters. The third-order valence-corrected chi connectivity index (χ3v) is 3.87. The Kier molecular flexibility index (Phi) is 4.41. The van der Waals surface area contributed by atoms with Crippen LogP contribution in [-0.2, 0) is 9.59 Å². The number of para-hydroxylation sites is 2. The van der Waals surface area contributed by atoms with Crippen LogP contribution in [0.3, 0.4) is 0 Å². The zero-order valence-corrected chi connectivity index (χ0v) is 13.3. The average Bonchev–Trinajstić information content (AvgIpc) is 2.51. The molecule has 0 radical (unpaired) electrons. The van der Waals surface area contributed by atoms with Gasteiger partial charge in [-0.2, -0.15) is 0 Å². The lowest BCUT2D eigenvalue weighted by Crippen LogP contribution is -2.39. The van der Waals surface area contributed by atoms with E-state index in [1.165, 1.54) is 0 Å². The summed E-state index contributed by atoms with van der Waals surface area (Å²) in [6.45, 7) is 0. The first-order valence-corrected chi connectivity index (χ1v) is 7.60. The Balaban J connectivity index is 1.69. The van der Waals surface area contributed by atoms with Crippen molar-refractivity contribution in [3.63, 3.8) is 0 Å². The number of esters is 1. The molecule has 2 aromatic carbocycles. The van der Waals surface area contributed by atoms with Crippen molar-refractivity contribution in [2.75, 3.05) is 10.6 Å². The van der Waals surface area contributed by atoms with Crippen LogP contribution in [0.2, 0.25) is 10.0 Å². The number of carbonyl (C=O) groups is 2. The number of hydrogen-bond donors (Lipinski definition) is 2. The Morgan fingerprint density at radius 3 is 2.83 bits per heavy atom. The monoisotopic (exact) mass is 350 g/mol. The summed E-state index contributed by atoms with van der Waals surface area (Å²) in [6, 6.07) is 11.0. The van der Waals surface area contributed by atoms with Gasteiger partial charge in [0.1, 0.15) is 6.04 Å². The van der Waals surface area contributed by atoms with Gasteiger partial charge in [0.25, 0.3) is 0 Å². The van der Waals surface area contributed by atoms with Gasteiger partial charge < -0.3 is 15.4 Å². The molecule has 0 aromatic heterocycles. The smallest absolute Gasteiger partial charge is 0.334 e. The van der Waals surface area contributed by atoms with E-state index in [0.29, 0.717) is 27.2 Å². The molecule has 0 saturated heterocycles. The van der Waals surface area contributed by atoms with Crippen molar-refractivity contribution < 1.29 is 14.3 Å². The maximum absolute atomic E-state index is 12.1. The SMILES string of the molecule is O=C(C[C@H]1Nc2ccccc2OC1=O)Nc1cc(Cl)ccc1Cl. The molecule has 23 heavy (non-hydrogen) atoms. The van der Waals surface area contributed by atoms with Gasteiger partial charge in [-0.05, 0) is 30.3 Å². The van der Waals surface area contributed by atoms with E-state index in [1.54, 1.807) is 36.4 Å². The molecule has 0 saturated carbocycles. The highest BCUT2D eigenvalue weighted by Gasteiger charge is 2.29. The zero-order chi connectivity index (χ0) is 16.4. The van der Waals surface area contributed by atoms with Crippen molar-refractivity contribution >= 4 is 46.5 Å². The summed E-state index contributed by atoms with van der Waals surface area (Å²) in [7, 11) is 0. The maximum Gasteiger partial charge on any atom is 0.334 e. The summed E-state index contributed by atoms with van der Waals surface area (Å²) < 4.78 is 5.21. The number of benzene rings is 2. The minimum atomic E-state index is -0.761. The lowest BCUT2D eigenvalue weighted by molar-refractivity contribution is -0.137. The first kappa shape index (κ1) is 15.6. The molecular weight excluding hydrogens is 339 g/mol. The fraction of sp³-hybridized carbons (Fsp3) is 0.125. The summed E-state index contributed by atoms with van der Waals surface area (Å²) in [5.41, 5.74) is 1.07. The highest BCUT2D eigenvalue weighted by molar-refractivity contribution is 6.35. The molecular formula is C16H12Cl2N2O3. The highest BCUT2D eigenvalue weighted by Crippen LogP contribution is 2.30. The van der Waals surface area contributed by atoms with Gasteiger partial charge in [0.15, 0.2) is 5.75 Å². The van der Waals surface area contributed by atoms with Crippen molar-refractivity contribution in [1.29, 1.82) is 0 Å². The zero-order valence-electron chi connectivity index (χ0n) is 11.8. The summed E-state index contributed by atoms with van der Waals surface area (Å²) in [5.74, 6) is -0.425. The first-order valence-electron chi connectivity index (χ1n) is 6.85. The molecule has 1 aliphatic rings. The number of fused-ring (bicyclic) bond motifs is 1. The predicted octanol–water partition coefficient (Wildman–Crippen LogP) is 3.72. The van der Waals surface area contributed by atoms with E-state index in [4.69, 9.17) is 27.9 Å². The third kappa shape index (κ3) is 3.57. The first-order chi connectivity index (χ1) is 11.0. The Hall–Kier alpha value is -2.24. The van der Waals surface area contributed by atoms with Gasteiger partial charge in [0.05, 0.1) is 22.8 Å². The predicted molar refractivity (Wildman–Crippen MR) is 89.2 cm³/mol. The van der Waals surface area contributed by atoms with Crippen LogP contribution in [-0.4, -0.2) is 17.9 Å². The summed E-state index contributed by atoms with van der Waals surface area (Å²) in [6.07, 6.45) is -0.0873. The second-order valence-electron chi connectivity index (χ2n) is 4.99. The van der Waals surface area contributed by atoms with Crippen LogP contribution in [0.25, 0.3) is 0 Å². The van der Waals surface area contributed by atoms with Crippen molar-refractivity contribution in [1.82, 2.24) is 0 Å². The Bertz CT molecular complexity index is 780. The van der Waals surface area contributed by atoms with Gasteiger partial charge in [-0.1, -0.05) is 35.3 Å². The minimum absolute atomic E-state index is 0.0873. The quantitative estimate of drug-likeness (QED) is 0.653. The van der Waals surface area contributed by atoms with E-state index in [9.17, 15) is 9.59 Å². The summed E-state index contributed by atoms with van der Waals surface area (Å²) >= 11 is 11.9. The molecule has 5 nitrogen and oxygen atoms in total. The molecule has 0 spiro atoms. The van der Waals surface area contributed by atoms with Gasteiger partial charge in [-0.15, -0.1) is 0 Å². The third-order valence-electron chi connectivity index (χ3n) is 3.30. The second kappa shape index (κ2) is 6.48. The Morgan fingerprint density at radius 2 is 2.00 bits per heavy atom. The van der Waals surface area contributed by atoms with Gasteiger partial charge in [0, 0.05) is 5.02 Å². The number of halogens is 2. The fourth-order valence-corrected chi connectivity index (χ4v) is 2.55. The van der Waals surface area contributed by atoms with Crippen LogP contribution in [0.1, 0.15) is 6.42 Å². The van der Waals surface area contributed by atoms with E-state index in [2.05, 4.69) is 10.6 Å². The standard InChI is InChI=1S/C16H12Cl2N2O3/c17-9-5-6-10(18)12(7-9)20-15(21)8-13-16(22)23-14-4-2-1-3-11(14)19-13/h1-7,13,19H,8H2,(H,20,21)/t13-/m1/s1. The van der Waals surface area contributed by atoms with E-state index < -0.39 is 12.0 Å². The van der Waals surface area contributed by atoms with E-state index in [-0.39, 0.29) is 12.3 Å². The topological polar surface area (TPSA) is 67.4 Å². The van der Waals surface area contributed by atoms with Gasteiger partial charge >= 0.3 is 5.97 Å². The number of anilines is 2. The van der Waals surface area contributed by atoms with Gasteiger partial charge in [-0.3, -0.25) is 4.79 Å². The molecule has 1 amide bonds. The van der Waals surface area contributed by atoms with Crippen molar-refractivity contribution in [2.24, 2.45) is 0 Å². The van der Waals surface area contributed by atoms with Crippen LogP contribution >= 0.6 is 23.2 Å². The summed E-state index contributed by atoms with van der Waals surface area (Å²) in [5, 5.41) is 6.46. The molecule has 0 unspecified atom stereocenters. The maximum atomic E-state index is 12.1. The van der Waals surface area contributed by atoms with Crippen LogP contribution in [0.4, 0.5) is 11.4 Å². The van der Waals surface area contributed by atoms with E-state index in [1.807, 2.05) is 6.07 Å². The highest BCUT2D eigenvalue weighted by atomic mass is 35.5. The largest absolute Gasteiger partial charge is 0.423 e. The van der Waals surface area contributed by atoms with Crippen LogP contribution in [0, 0.1) is 0 Å². The van der Waals surface area contributed by atoms with E-state index in [0.717, 1.165) is 0 Å². The molecule has 3 rings (SSSR count). The molecule has 0 aliphatic carbocycles. The average molecular weight is 351 g/mol. The number of ether oxygens (including phenoxy) is 1. The Morgan fingerprint density at radius 1 is 1.22 bits per heavy atom. The second-order valence-corrected chi connectivity index (χ2v) is 5.83. The molecule has 1 heterocycles. The van der Waals surface area contributed by atoms with Gasteiger partial charge in [-0.25, -0.2) is 4.79 Å². The number of nitrogens with one attached hydrogen (secondary N) is 2. The van der Waals surface area contributed by atoms with E-state index >= 15 is 0 Å². The van der Waals surface area contributed by atoms with Crippen molar-refractivity contribution in [3.05, 3.63) is 52.5 Å². The van der Waals surface area contributed by atoms with Crippen LogP contribution in [0.15, 0.2) is 42.5 Å². The molecule has 1 aliphatic heterocycles. The number of hydrogen-bond acceptors (Lipinski definition) is 4. The van der Waals surface area contributed by atoms with Crippen molar-refractivity contribution in [2.45, 2.75) is 12.5 Å². The lowest BCUT2D eigenvalue weighted by Gasteiger charge is -2.25. The van der Waals surface area contributed by atoms with Crippen molar-refractivity contribution in [3.8, 4) is 5.75 Å². The molecule has 0 bridgehead atoms. The van der Waals surface area contributed by atoms with Crippen LogP contribution < -0.4 is 15.4 Å².